The lowest BCUT2D eigenvalue weighted by molar-refractivity contribution is 0.669. The van der Waals surface area contributed by atoms with Gasteiger partial charge in [-0.3, -0.25) is 5.41 Å². The van der Waals surface area contributed by atoms with Crippen LogP contribution in [0.15, 0.2) is 82.2 Å². The maximum atomic E-state index is 8.48. The van der Waals surface area contributed by atoms with E-state index in [1.54, 1.807) is 0 Å². The molecule has 1 heterocycles. The van der Waals surface area contributed by atoms with Gasteiger partial charge in [0.15, 0.2) is 5.84 Å². The van der Waals surface area contributed by atoms with E-state index < -0.39 is 0 Å². The molecule has 0 fully saturated rings. The normalized spacial score (nSPS) is 12.0. The van der Waals surface area contributed by atoms with Crippen molar-refractivity contribution < 1.29 is 4.42 Å². The second-order valence-electron chi connectivity index (χ2n) is 5.69. The first-order valence-corrected chi connectivity index (χ1v) is 7.84. The van der Waals surface area contributed by atoms with Crippen LogP contribution in [0.1, 0.15) is 18.1 Å². The summed E-state index contributed by atoms with van der Waals surface area (Å²) in [6, 6.07) is 23.6. The number of aliphatic imine (C=N–C) groups is 1. The lowest BCUT2D eigenvalue weighted by Gasteiger charge is -2.04. The minimum atomic E-state index is 0.244. The lowest BCUT2D eigenvalue weighted by Crippen LogP contribution is -2.02. The van der Waals surface area contributed by atoms with E-state index in [-0.39, 0.29) is 5.84 Å². The first-order valence-electron chi connectivity index (χ1n) is 7.84. The lowest BCUT2D eigenvalue weighted by atomic mass is 10.1. The smallest absolute Gasteiger partial charge is 0.152 e. The molecule has 0 radical (unpaired) electrons. The highest BCUT2D eigenvalue weighted by molar-refractivity contribution is 6.20. The van der Waals surface area contributed by atoms with E-state index in [1.165, 1.54) is 0 Å². The highest BCUT2D eigenvalue weighted by Crippen LogP contribution is 2.31. The molecule has 0 amide bonds. The number of benzene rings is 3. The van der Waals surface area contributed by atoms with Crippen LogP contribution >= 0.6 is 0 Å². The van der Waals surface area contributed by atoms with Crippen LogP contribution in [0, 0.1) is 5.41 Å². The Hall–Kier alpha value is -3.20. The molecule has 0 saturated heterocycles. The van der Waals surface area contributed by atoms with Gasteiger partial charge in [0.25, 0.3) is 0 Å². The standard InChI is InChI=1S/C21H16N2O/c1-14(15-8-3-2-4-9-15)23-21(22)17-11-7-13-19-20(17)16-10-5-6-12-18(16)24-19/h2-13,22H,1H3. The van der Waals surface area contributed by atoms with Crippen LogP contribution in [0.5, 0.6) is 0 Å². The number of hydrogen-bond acceptors (Lipinski definition) is 2. The molecule has 3 heteroatoms. The maximum Gasteiger partial charge on any atom is 0.152 e. The molecule has 0 aliphatic heterocycles. The zero-order valence-electron chi connectivity index (χ0n) is 13.3. The molecule has 116 valence electrons. The minimum Gasteiger partial charge on any atom is -0.456 e. The summed E-state index contributed by atoms with van der Waals surface area (Å²) in [5.74, 6) is 0.244. The third-order valence-corrected chi connectivity index (χ3v) is 4.13. The SMILES string of the molecule is CC(=NC(=N)c1cccc2oc3ccccc3c12)c1ccccc1. The van der Waals surface area contributed by atoms with Crippen LogP contribution in [0.4, 0.5) is 0 Å². The Morgan fingerprint density at radius 1 is 0.833 bits per heavy atom. The van der Waals surface area contributed by atoms with Gasteiger partial charge in [-0.25, -0.2) is 4.99 Å². The summed E-state index contributed by atoms with van der Waals surface area (Å²) in [5.41, 5.74) is 4.24. The highest BCUT2D eigenvalue weighted by atomic mass is 16.3. The summed E-state index contributed by atoms with van der Waals surface area (Å²) >= 11 is 0. The Labute approximate surface area is 139 Å². The molecular formula is C21H16N2O. The van der Waals surface area contributed by atoms with Gasteiger partial charge in [0, 0.05) is 22.0 Å². The Morgan fingerprint density at radius 3 is 2.38 bits per heavy atom. The summed E-state index contributed by atoms with van der Waals surface area (Å²) in [5, 5.41) is 10.4. The average molecular weight is 312 g/mol. The molecule has 1 N–H and O–H groups in total. The molecule has 0 spiro atoms. The molecule has 0 atom stereocenters. The van der Waals surface area contributed by atoms with Crippen LogP contribution in [0.2, 0.25) is 0 Å². The molecule has 4 aromatic rings. The average Bonchev–Trinajstić information content (AvgIpc) is 3.01. The number of para-hydroxylation sites is 1. The number of hydrogen-bond donors (Lipinski definition) is 1. The van der Waals surface area contributed by atoms with E-state index in [0.717, 1.165) is 38.8 Å². The van der Waals surface area contributed by atoms with Gasteiger partial charge in [-0.1, -0.05) is 60.7 Å². The predicted octanol–water partition coefficient (Wildman–Crippen LogP) is 5.42. The van der Waals surface area contributed by atoms with Crippen molar-refractivity contribution in [2.75, 3.05) is 0 Å². The molecule has 0 aliphatic rings. The van der Waals surface area contributed by atoms with Crippen LogP contribution in [-0.4, -0.2) is 11.5 Å². The largest absolute Gasteiger partial charge is 0.456 e. The number of nitrogens with zero attached hydrogens (tertiary/aromatic N) is 1. The summed E-state index contributed by atoms with van der Waals surface area (Å²) in [6.45, 7) is 1.93. The molecule has 0 bridgehead atoms. The highest BCUT2D eigenvalue weighted by Gasteiger charge is 2.13. The maximum absolute atomic E-state index is 8.48. The predicted molar refractivity (Wildman–Crippen MR) is 99.2 cm³/mol. The van der Waals surface area contributed by atoms with Crippen molar-refractivity contribution in [1.82, 2.24) is 0 Å². The zero-order chi connectivity index (χ0) is 16.5. The summed E-state index contributed by atoms with van der Waals surface area (Å²) in [6.07, 6.45) is 0. The summed E-state index contributed by atoms with van der Waals surface area (Å²) in [4.78, 5) is 4.51. The van der Waals surface area contributed by atoms with Crippen molar-refractivity contribution in [2.24, 2.45) is 4.99 Å². The quantitative estimate of drug-likeness (QED) is 0.390. The molecule has 4 rings (SSSR count). The van der Waals surface area contributed by atoms with Crippen molar-refractivity contribution >= 4 is 33.5 Å². The van der Waals surface area contributed by atoms with Crippen molar-refractivity contribution in [2.45, 2.75) is 6.92 Å². The fraction of sp³-hybridized carbons (Fsp3) is 0.0476. The van der Waals surface area contributed by atoms with E-state index in [0.29, 0.717) is 0 Å². The second-order valence-corrected chi connectivity index (χ2v) is 5.69. The Morgan fingerprint density at radius 2 is 1.54 bits per heavy atom. The van der Waals surface area contributed by atoms with Crippen LogP contribution in [0.25, 0.3) is 21.9 Å². The molecule has 0 aliphatic carbocycles. The second kappa shape index (κ2) is 5.78. The third-order valence-electron chi connectivity index (χ3n) is 4.13. The van der Waals surface area contributed by atoms with Crippen LogP contribution < -0.4 is 0 Å². The van der Waals surface area contributed by atoms with Gasteiger partial charge in [0.1, 0.15) is 11.2 Å². The molecule has 1 aromatic heterocycles. The number of nitrogens with one attached hydrogen (secondary N) is 1. The Kier molecular flexibility index (Phi) is 3.47. The monoisotopic (exact) mass is 312 g/mol. The minimum absolute atomic E-state index is 0.244. The van der Waals surface area contributed by atoms with E-state index in [2.05, 4.69) is 4.99 Å². The fourth-order valence-electron chi connectivity index (χ4n) is 2.94. The van der Waals surface area contributed by atoms with Gasteiger partial charge in [0.2, 0.25) is 0 Å². The zero-order valence-corrected chi connectivity index (χ0v) is 13.3. The van der Waals surface area contributed by atoms with Gasteiger partial charge >= 0.3 is 0 Å². The molecule has 3 aromatic carbocycles. The number of amidine groups is 1. The van der Waals surface area contributed by atoms with Gasteiger partial charge in [-0.05, 0) is 24.6 Å². The van der Waals surface area contributed by atoms with Gasteiger partial charge in [-0.2, -0.15) is 0 Å². The Balaban J connectivity index is 1.86. The Bertz CT molecular complexity index is 1070. The summed E-state index contributed by atoms with van der Waals surface area (Å²) in [7, 11) is 0. The van der Waals surface area contributed by atoms with Crippen molar-refractivity contribution in [3.63, 3.8) is 0 Å². The topological polar surface area (TPSA) is 49.4 Å². The van der Waals surface area contributed by atoms with Gasteiger partial charge in [0.05, 0.1) is 0 Å². The van der Waals surface area contributed by atoms with E-state index in [9.17, 15) is 0 Å². The molecule has 3 nitrogen and oxygen atoms in total. The number of furan rings is 1. The molecule has 0 unspecified atom stereocenters. The van der Waals surface area contributed by atoms with Crippen LogP contribution in [0.3, 0.4) is 0 Å². The third kappa shape index (κ3) is 2.40. The van der Waals surface area contributed by atoms with Crippen molar-refractivity contribution in [3.05, 3.63) is 83.9 Å². The van der Waals surface area contributed by atoms with Gasteiger partial charge < -0.3 is 4.42 Å². The van der Waals surface area contributed by atoms with Crippen molar-refractivity contribution in [3.8, 4) is 0 Å². The van der Waals surface area contributed by atoms with Crippen molar-refractivity contribution in [1.29, 1.82) is 5.41 Å². The van der Waals surface area contributed by atoms with E-state index in [4.69, 9.17) is 9.83 Å². The number of rotatable bonds is 2. The van der Waals surface area contributed by atoms with E-state index >= 15 is 0 Å². The number of fused-ring (bicyclic) bond motifs is 3. The van der Waals surface area contributed by atoms with E-state index in [1.807, 2.05) is 79.7 Å². The summed E-state index contributed by atoms with van der Waals surface area (Å²) < 4.78 is 5.89. The molecule has 0 saturated carbocycles. The van der Waals surface area contributed by atoms with Gasteiger partial charge in [-0.15, -0.1) is 0 Å². The first kappa shape index (κ1) is 14.4. The first-order chi connectivity index (χ1) is 11.7. The van der Waals surface area contributed by atoms with Crippen LogP contribution in [-0.2, 0) is 0 Å². The fourth-order valence-corrected chi connectivity index (χ4v) is 2.94. The molecular weight excluding hydrogens is 296 g/mol. The molecule has 24 heavy (non-hydrogen) atoms.